The van der Waals surface area contributed by atoms with Gasteiger partial charge in [-0.1, -0.05) is 0 Å². The predicted octanol–water partition coefficient (Wildman–Crippen LogP) is 2.31. The van der Waals surface area contributed by atoms with Crippen molar-refractivity contribution >= 4 is 16.7 Å². The highest BCUT2D eigenvalue weighted by Crippen LogP contribution is 2.26. The van der Waals surface area contributed by atoms with Crippen molar-refractivity contribution < 1.29 is 9.84 Å². The summed E-state index contributed by atoms with van der Waals surface area (Å²) < 4.78 is 5.55. The van der Waals surface area contributed by atoms with Crippen LogP contribution in [0.1, 0.15) is 13.8 Å². The molecule has 0 fully saturated rings. The fraction of sp³-hybridized carbons (Fsp3) is 0.250. The number of fused-ring (bicyclic) bond motifs is 1. The van der Waals surface area contributed by atoms with Gasteiger partial charge in [-0.05, 0) is 38.1 Å². The van der Waals surface area contributed by atoms with Crippen molar-refractivity contribution in [3.8, 4) is 11.5 Å². The fourth-order valence-electron chi connectivity index (χ4n) is 1.50. The number of hydrogen-bond acceptors (Lipinski definition) is 4. The molecule has 0 aliphatic carbocycles. The van der Waals surface area contributed by atoms with Crippen LogP contribution in [0.4, 0.5) is 5.82 Å². The van der Waals surface area contributed by atoms with E-state index in [4.69, 9.17) is 10.5 Å². The number of benzene rings is 1. The molecular weight excluding hydrogens is 204 g/mol. The van der Waals surface area contributed by atoms with Gasteiger partial charge in [-0.25, -0.2) is 4.98 Å². The van der Waals surface area contributed by atoms with Gasteiger partial charge in [0.1, 0.15) is 5.75 Å². The van der Waals surface area contributed by atoms with Crippen LogP contribution >= 0.6 is 0 Å². The molecule has 1 heterocycles. The van der Waals surface area contributed by atoms with Gasteiger partial charge >= 0.3 is 0 Å². The lowest BCUT2D eigenvalue weighted by Crippen LogP contribution is -2.05. The van der Waals surface area contributed by atoms with Crippen molar-refractivity contribution in [2.24, 2.45) is 0 Å². The second kappa shape index (κ2) is 3.89. The van der Waals surface area contributed by atoms with Crippen LogP contribution < -0.4 is 10.5 Å². The minimum Gasteiger partial charge on any atom is -0.504 e. The molecule has 1 aromatic carbocycles. The van der Waals surface area contributed by atoms with E-state index in [1.165, 1.54) is 0 Å². The molecule has 0 amide bonds. The molecule has 4 heteroatoms. The molecule has 1 aromatic heterocycles. The molecule has 0 saturated carbocycles. The molecule has 0 radical (unpaired) electrons. The predicted molar refractivity (Wildman–Crippen MR) is 63.6 cm³/mol. The quantitative estimate of drug-likeness (QED) is 0.811. The number of nitrogens with zero attached hydrogens (tertiary/aromatic N) is 1. The number of aromatic nitrogens is 1. The molecule has 0 saturated heterocycles. The Labute approximate surface area is 93.7 Å². The van der Waals surface area contributed by atoms with Gasteiger partial charge in [0.05, 0.1) is 11.6 Å². The molecule has 0 atom stereocenters. The standard InChI is InChI=1S/C12H14N2O2/c1-7(2)16-9-3-4-10-8(5-9)6-11(15)12(13)14-10/h3-7,15H,1-2H3,(H2,13,14). The van der Waals surface area contributed by atoms with Gasteiger partial charge in [-0.2, -0.15) is 0 Å². The molecule has 0 aliphatic heterocycles. The van der Waals surface area contributed by atoms with E-state index in [1.807, 2.05) is 32.0 Å². The number of ether oxygens (including phenoxy) is 1. The maximum absolute atomic E-state index is 9.46. The molecule has 3 N–H and O–H groups in total. The van der Waals surface area contributed by atoms with E-state index < -0.39 is 0 Å². The van der Waals surface area contributed by atoms with Gasteiger partial charge in [0.15, 0.2) is 11.6 Å². The SMILES string of the molecule is CC(C)Oc1ccc2nc(N)c(O)cc2c1. The van der Waals surface area contributed by atoms with Gasteiger partial charge in [0.2, 0.25) is 0 Å². The number of nitrogen functional groups attached to an aromatic ring is 1. The molecule has 84 valence electrons. The molecule has 0 bridgehead atoms. The third-order valence-corrected chi connectivity index (χ3v) is 2.17. The Morgan fingerprint density at radius 2 is 2.06 bits per heavy atom. The summed E-state index contributed by atoms with van der Waals surface area (Å²) in [6, 6.07) is 7.08. The maximum atomic E-state index is 9.46. The number of rotatable bonds is 2. The summed E-state index contributed by atoms with van der Waals surface area (Å²) >= 11 is 0. The van der Waals surface area contributed by atoms with E-state index in [9.17, 15) is 5.11 Å². The molecular formula is C12H14N2O2. The minimum absolute atomic E-state index is 0.00537. The average Bonchev–Trinajstić information content (AvgIpc) is 2.19. The van der Waals surface area contributed by atoms with Crippen LogP contribution in [-0.2, 0) is 0 Å². The van der Waals surface area contributed by atoms with Crippen molar-refractivity contribution in [2.45, 2.75) is 20.0 Å². The van der Waals surface area contributed by atoms with Gasteiger partial charge in [-0.3, -0.25) is 0 Å². The largest absolute Gasteiger partial charge is 0.504 e. The van der Waals surface area contributed by atoms with Crippen molar-refractivity contribution in [1.29, 1.82) is 0 Å². The second-order valence-corrected chi connectivity index (χ2v) is 3.91. The summed E-state index contributed by atoms with van der Waals surface area (Å²) in [5.41, 5.74) is 6.25. The Balaban J connectivity index is 2.49. The van der Waals surface area contributed by atoms with Crippen molar-refractivity contribution in [3.63, 3.8) is 0 Å². The number of nitrogens with two attached hydrogens (primary N) is 1. The Bertz CT molecular complexity index is 524. The molecule has 16 heavy (non-hydrogen) atoms. The molecule has 4 nitrogen and oxygen atoms in total. The molecule has 0 unspecified atom stereocenters. The summed E-state index contributed by atoms with van der Waals surface area (Å²) in [5, 5.41) is 10.3. The van der Waals surface area contributed by atoms with Crippen LogP contribution in [0.15, 0.2) is 24.3 Å². The Morgan fingerprint density at radius 3 is 2.75 bits per heavy atom. The first-order valence-corrected chi connectivity index (χ1v) is 5.12. The van der Waals surface area contributed by atoms with E-state index in [0.29, 0.717) is 0 Å². The summed E-state index contributed by atoms with van der Waals surface area (Å²) in [4.78, 5) is 4.07. The Kier molecular flexibility index (Phi) is 2.56. The van der Waals surface area contributed by atoms with E-state index in [1.54, 1.807) is 6.07 Å². The first-order valence-electron chi connectivity index (χ1n) is 5.12. The average molecular weight is 218 g/mol. The zero-order valence-electron chi connectivity index (χ0n) is 9.27. The summed E-state index contributed by atoms with van der Waals surface area (Å²) in [6.45, 7) is 3.92. The lowest BCUT2D eigenvalue weighted by molar-refractivity contribution is 0.243. The normalized spacial score (nSPS) is 10.9. The van der Waals surface area contributed by atoms with Crippen LogP contribution in [0.2, 0.25) is 0 Å². The fourth-order valence-corrected chi connectivity index (χ4v) is 1.50. The Morgan fingerprint density at radius 1 is 1.31 bits per heavy atom. The van der Waals surface area contributed by atoms with Crippen LogP contribution in [0.25, 0.3) is 10.9 Å². The van der Waals surface area contributed by atoms with Crippen LogP contribution in [0.3, 0.4) is 0 Å². The third-order valence-electron chi connectivity index (χ3n) is 2.17. The monoisotopic (exact) mass is 218 g/mol. The van der Waals surface area contributed by atoms with Crippen molar-refractivity contribution in [1.82, 2.24) is 4.98 Å². The topological polar surface area (TPSA) is 68.4 Å². The van der Waals surface area contributed by atoms with E-state index >= 15 is 0 Å². The van der Waals surface area contributed by atoms with E-state index in [-0.39, 0.29) is 17.7 Å². The van der Waals surface area contributed by atoms with E-state index in [0.717, 1.165) is 16.7 Å². The van der Waals surface area contributed by atoms with Crippen molar-refractivity contribution in [2.75, 3.05) is 5.73 Å². The van der Waals surface area contributed by atoms with Crippen molar-refractivity contribution in [3.05, 3.63) is 24.3 Å². The number of aromatic hydroxyl groups is 1. The second-order valence-electron chi connectivity index (χ2n) is 3.91. The lowest BCUT2D eigenvalue weighted by atomic mass is 10.2. The van der Waals surface area contributed by atoms with Gasteiger partial charge in [-0.15, -0.1) is 0 Å². The van der Waals surface area contributed by atoms with Crippen LogP contribution in [-0.4, -0.2) is 16.2 Å². The highest BCUT2D eigenvalue weighted by Gasteiger charge is 2.04. The van der Waals surface area contributed by atoms with Gasteiger partial charge in [0.25, 0.3) is 0 Å². The third kappa shape index (κ3) is 2.00. The highest BCUT2D eigenvalue weighted by molar-refractivity contribution is 5.83. The smallest absolute Gasteiger partial charge is 0.166 e. The number of pyridine rings is 1. The first kappa shape index (κ1) is 10.5. The maximum Gasteiger partial charge on any atom is 0.166 e. The molecule has 0 aliphatic rings. The van der Waals surface area contributed by atoms with Crippen LogP contribution in [0.5, 0.6) is 11.5 Å². The zero-order valence-corrected chi connectivity index (χ0v) is 9.27. The first-order chi connectivity index (χ1) is 7.56. The highest BCUT2D eigenvalue weighted by atomic mass is 16.5. The lowest BCUT2D eigenvalue weighted by Gasteiger charge is -2.10. The van der Waals surface area contributed by atoms with Gasteiger partial charge in [0, 0.05) is 5.39 Å². The number of anilines is 1. The van der Waals surface area contributed by atoms with Crippen LogP contribution in [0, 0.1) is 0 Å². The molecule has 0 spiro atoms. The summed E-state index contributed by atoms with van der Waals surface area (Å²) in [5.74, 6) is 0.896. The van der Waals surface area contributed by atoms with E-state index in [2.05, 4.69) is 4.98 Å². The molecule has 2 rings (SSSR count). The minimum atomic E-state index is -0.00537. The zero-order chi connectivity index (χ0) is 11.7. The number of hydrogen-bond donors (Lipinski definition) is 2. The summed E-state index contributed by atoms with van der Waals surface area (Å²) in [6.07, 6.45) is 0.118. The van der Waals surface area contributed by atoms with Gasteiger partial charge < -0.3 is 15.6 Å². The Hall–Kier alpha value is -1.97. The molecule has 2 aromatic rings. The summed E-state index contributed by atoms with van der Waals surface area (Å²) in [7, 11) is 0.